The summed E-state index contributed by atoms with van der Waals surface area (Å²) >= 11 is 0. The maximum Gasteiger partial charge on any atom is 0.322 e. The molecule has 0 aliphatic heterocycles. The number of alkyl halides is 2. The summed E-state index contributed by atoms with van der Waals surface area (Å²) in [5.41, 5.74) is -0.395. The van der Waals surface area contributed by atoms with Crippen LogP contribution in [0.2, 0.25) is 0 Å². The van der Waals surface area contributed by atoms with E-state index in [4.69, 9.17) is 4.52 Å². The summed E-state index contributed by atoms with van der Waals surface area (Å²) in [4.78, 5) is 18.4. The molecule has 2 aliphatic carbocycles. The van der Waals surface area contributed by atoms with E-state index in [9.17, 15) is 26.7 Å². The van der Waals surface area contributed by atoms with Crippen LogP contribution in [0.4, 0.5) is 27.6 Å². The second-order valence-electron chi connectivity index (χ2n) is 9.25. The smallest absolute Gasteiger partial charge is 0.322 e. The molecule has 1 aromatic heterocycles. The molecular weight excluding hydrogens is 457 g/mol. The van der Waals surface area contributed by atoms with E-state index < -0.39 is 28.9 Å². The Morgan fingerprint density at radius 3 is 2.41 bits per heavy atom. The van der Waals surface area contributed by atoms with Crippen LogP contribution < -0.4 is 4.90 Å². The lowest BCUT2D eigenvalue weighted by molar-refractivity contribution is -0.119. The highest BCUT2D eigenvalue weighted by atomic mass is 19.3. The maximum atomic E-state index is 13.9. The number of anilines is 1. The highest BCUT2D eigenvalue weighted by molar-refractivity contribution is 5.93. The number of nitrogens with zero attached hydrogens (tertiary/aromatic N) is 3. The molecule has 0 radical (unpaired) electrons. The molecule has 0 spiro atoms. The van der Waals surface area contributed by atoms with Gasteiger partial charge in [0.05, 0.1) is 6.33 Å². The molecule has 34 heavy (non-hydrogen) atoms. The summed E-state index contributed by atoms with van der Waals surface area (Å²) in [6.07, 6.45) is 4.74. The summed E-state index contributed by atoms with van der Waals surface area (Å²) in [5.74, 6) is -5.72. The van der Waals surface area contributed by atoms with Gasteiger partial charge in [-0.1, -0.05) is 18.7 Å². The van der Waals surface area contributed by atoms with Gasteiger partial charge in [-0.3, -0.25) is 4.79 Å². The molecule has 1 aromatic carbocycles. The first-order chi connectivity index (χ1) is 16.0. The minimum atomic E-state index is -3.20. The van der Waals surface area contributed by atoms with Crippen molar-refractivity contribution in [2.45, 2.75) is 70.1 Å². The molecule has 0 unspecified atom stereocenters. The van der Waals surface area contributed by atoms with Crippen LogP contribution in [0.1, 0.15) is 70.5 Å². The van der Waals surface area contributed by atoms with Crippen molar-refractivity contribution in [1.29, 1.82) is 0 Å². The van der Waals surface area contributed by atoms with Gasteiger partial charge in [0.15, 0.2) is 17.5 Å². The molecule has 2 aromatic rings. The van der Waals surface area contributed by atoms with Crippen molar-refractivity contribution in [3.05, 3.63) is 54.5 Å². The van der Waals surface area contributed by atoms with Gasteiger partial charge in [-0.15, -0.1) is 0 Å². The highest BCUT2D eigenvalue weighted by Gasteiger charge is 2.58. The number of carbonyl (C=O) groups is 1. The number of hydrogen-bond acceptors (Lipinski definition) is 4. The monoisotopic (exact) mass is 485 g/mol. The maximum absolute atomic E-state index is 13.9. The van der Waals surface area contributed by atoms with Crippen LogP contribution in [-0.2, 0) is 16.1 Å². The zero-order valence-electron chi connectivity index (χ0n) is 19.2. The lowest BCUT2D eigenvalue weighted by atomic mass is 9.81. The van der Waals surface area contributed by atoms with Crippen LogP contribution in [0, 0.1) is 17.0 Å². The van der Waals surface area contributed by atoms with Crippen LogP contribution in [0.25, 0.3) is 0 Å². The van der Waals surface area contributed by atoms with E-state index in [-0.39, 0.29) is 17.7 Å². The van der Waals surface area contributed by atoms with Crippen LogP contribution in [0.5, 0.6) is 0 Å². The number of hydrogen-bond donors (Lipinski definition) is 0. The summed E-state index contributed by atoms with van der Waals surface area (Å²) in [6, 6.07) is 3.48. The van der Waals surface area contributed by atoms with Crippen molar-refractivity contribution >= 4 is 11.6 Å². The van der Waals surface area contributed by atoms with Crippen LogP contribution in [0.15, 0.2) is 35.6 Å². The zero-order chi connectivity index (χ0) is 25.1. The molecule has 0 atom stereocenters. The fourth-order valence-electron chi connectivity index (χ4n) is 5.12. The quantitative estimate of drug-likeness (QED) is 0.415. The zero-order valence-corrected chi connectivity index (χ0v) is 19.2. The molecule has 186 valence electrons. The third-order valence-corrected chi connectivity index (χ3v) is 6.73. The van der Waals surface area contributed by atoms with Gasteiger partial charge >= 0.3 is 5.92 Å². The molecular formula is C24H28F5N3O2. The van der Waals surface area contributed by atoms with Gasteiger partial charge in [-0.25, -0.2) is 13.2 Å². The predicted octanol–water partition coefficient (Wildman–Crippen LogP) is 6.59. The Morgan fingerprint density at radius 2 is 1.88 bits per heavy atom. The Hall–Kier alpha value is -2.78. The second-order valence-corrected chi connectivity index (χ2v) is 9.25. The molecule has 2 saturated carbocycles. The predicted molar refractivity (Wildman–Crippen MR) is 116 cm³/mol. The van der Waals surface area contributed by atoms with E-state index in [0.29, 0.717) is 57.1 Å². The van der Waals surface area contributed by atoms with Crippen molar-refractivity contribution < 1.29 is 31.3 Å². The normalized spacial score (nSPS) is 23.4. The van der Waals surface area contributed by atoms with Crippen molar-refractivity contribution in [2.24, 2.45) is 5.41 Å². The number of rotatable bonds is 7. The van der Waals surface area contributed by atoms with Crippen molar-refractivity contribution in [1.82, 2.24) is 10.1 Å². The molecule has 4 rings (SSSR count). The average molecular weight is 485 g/mol. The Bertz CT molecular complexity index is 1030. The summed E-state index contributed by atoms with van der Waals surface area (Å²) < 4.78 is 69.3. The van der Waals surface area contributed by atoms with Gasteiger partial charge < -0.3 is 9.42 Å². The molecule has 1 amide bonds. The standard InChI is InChI=1S/C22H25F4N3O2.C2H3F/c1-3-4-17(30)29(14-5-6-15(23)16(24)11-14)13-21-7-9-22(12-21,10-8-21)18-27-19(31-28-18)20(2,25)26;1-2-3/h5-6,11H,3-4,7-10,12-13H2,1-2H3;2H,1H2. The number of carbonyl (C=O) groups excluding carboxylic acids is 1. The van der Waals surface area contributed by atoms with Crippen molar-refractivity contribution in [3.63, 3.8) is 0 Å². The largest absolute Gasteiger partial charge is 0.333 e. The number of fused-ring (bicyclic) bond motifs is 2. The van der Waals surface area contributed by atoms with Crippen molar-refractivity contribution in [3.8, 4) is 0 Å². The van der Waals surface area contributed by atoms with E-state index in [0.717, 1.165) is 25.0 Å². The molecule has 5 nitrogen and oxygen atoms in total. The minimum Gasteiger partial charge on any atom is -0.333 e. The highest BCUT2D eigenvalue weighted by Crippen LogP contribution is 2.62. The molecule has 10 heteroatoms. The fraction of sp³-hybridized carbons (Fsp3) is 0.542. The molecule has 2 fully saturated rings. The first-order valence-corrected chi connectivity index (χ1v) is 11.2. The van der Waals surface area contributed by atoms with Crippen LogP contribution in [0.3, 0.4) is 0 Å². The van der Waals surface area contributed by atoms with Crippen LogP contribution in [-0.4, -0.2) is 22.6 Å². The lowest BCUT2D eigenvalue weighted by Gasteiger charge is -2.34. The Morgan fingerprint density at radius 1 is 1.24 bits per heavy atom. The Balaban J connectivity index is 0.00000103. The van der Waals surface area contributed by atoms with E-state index in [1.54, 1.807) is 0 Å². The van der Waals surface area contributed by atoms with Crippen molar-refractivity contribution in [2.75, 3.05) is 11.4 Å². The summed E-state index contributed by atoms with van der Waals surface area (Å²) in [7, 11) is 0. The summed E-state index contributed by atoms with van der Waals surface area (Å²) in [6.45, 7) is 5.65. The van der Waals surface area contributed by atoms with E-state index in [1.165, 1.54) is 11.0 Å². The number of aromatic nitrogens is 2. The topological polar surface area (TPSA) is 59.2 Å². The second kappa shape index (κ2) is 9.84. The first-order valence-electron chi connectivity index (χ1n) is 11.2. The number of halogens is 5. The fourth-order valence-corrected chi connectivity index (χ4v) is 5.12. The minimum absolute atomic E-state index is 0.153. The van der Waals surface area contributed by atoms with E-state index in [1.807, 2.05) is 6.92 Å². The molecule has 1 heterocycles. The number of benzene rings is 1. The average Bonchev–Trinajstić information content (AvgIpc) is 3.49. The first kappa shape index (κ1) is 25.8. The van der Waals surface area contributed by atoms with E-state index in [2.05, 4.69) is 16.7 Å². The van der Waals surface area contributed by atoms with Gasteiger partial charge in [0.2, 0.25) is 5.91 Å². The van der Waals surface area contributed by atoms with Gasteiger partial charge in [0.25, 0.3) is 5.89 Å². The number of amides is 1. The van der Waals surface area contributed by atoms with Gasteiger partial charge in [-0.05, 0) is 56.1 Å². The Kier molecular flexibility index (Phi) is 7.47. The molecule has 2 bridgehead atoms. The van der Waals surface area contributed by atoms with E-state index >= 15 is 0 Å². The molecule has 2 aliphatic rings. The van der Waals surface area contributed by atoms with Gasteiger partial charge in [-0.2, -0.15) is 13.8 Å². The molecule has 0 saturated heterocycles. The van der Waals surface area contributed by atoms with Gasteiger partial charge in [0, 0.05) is 37.1 Å². The SMILES string of the molecule is C=CF.CCCC(=O)N(CC12CCC(c3noc(C(C)(F)F)n3)(CC1)C2)c1ccc(F)c(F)c1. The van der Waals surface area contributed by atoms with Gasteiger partial charge in [0.1, 0.15) is 0 Å². The van der Waals surface area contributed by atoms with Crippen LogP contribution >= 0.6 is 0 Å². The third kappa shape index (κ3) is 5.15. The lowest BCUT2D eigenvalue weighted by Crippen LogP contribution is -2.39. The third-order valence-electron chi connectivity index (χ3n) is 6.73. The molecule has 0 N–H and O–H groups in total. The summed E-state index contributed by atoms with van der Waals surface area (Å²) in [5, 5.41) is 3.85. The Labute approximate surface area is 195 Å².